The molecule has 0 atom stereocenters. The molecule has 6 nitrogen and oxygen atoms in total. The molecule has 3 rings (SSSR count). The number of nitrogens with one attached hydrogen (secondary N) is 1. The molecule has 6 heteroatoms. The van der Waals surface area contributed by atoms with Crippen LogP contribution in [-0.4, -0.2) is 15.7 Å². The highest BCUT2D eigenvalue weighted by molar-refractivity contribution is 6.04. The zero-order chi connectivity index (χ0) is 19.1. The average Bonchev–Trinajstić information content (AvgIpc) is 3.14. The van der Waals surface area contributed by atoms with Crippen LogP contribution in [0.2, 0.25) is 0 Å². The van der Waals surface area contributed by atoms with Gasteiger partial charge in [0.1, 0.15) is 17.3 Å². The van der Waals surface area contributed by atoms with Crippen LogP contribution in [0.4, 0.5) is 5.82 Å². The summed E-state index contributed by atoms with van der Waals surface area (Å²) in [7, 11) is 0. The Labute approximate surface area is 158 Å². The normalized spacial score (nSPS) is 10.2. The first-order valence-corrected chi connectivity index (χ1v) is 8.81. The zero-order valence-electron chi connectivity index (χ0n) is 15.1. The molecule has 1 N–H and O–H groups in total. The number of hydrogen-bond acceptors (Lipinski definition) is 4. The van der Waals surface area contributed by atoms with Gasteiger partial charge in [0.15, 0.2) is 0 Å². The molecule has 1 heterocycles. The fourth-order valence-electron chi connectivity index (χ4n) is 2.55. The van der Waals surface area contributed by atoms with Crippen molar-refractivity contribution in [1.29, 1.82) is 5.26 Å². The summed E-state index contributed by atoms with van der Waals surface area (Å²) in [6.07, 6.45) is 3.73. The second kappa shape index (κ2) is 8.68. The summed E-state index contributed by atoms with van der Waals surface area (Å²) in [4.78, 5) is 12.6. The molecule has 1 aromatic heterocycles. The Balaban J connectivity index is 1.70. The van der Waals surface area contributed by atoms with Crippen LogP contribution in [0.3, 0.4) is 0 Å². The Bertz CT molecular complexity index is 955. The Morgan fingerprint density at radius 3 is 2.74 bits per heavy atom. The summed E-state index contributed by atoms with van der Waals surface area (Å²) in [5.74, 6) is 1.60. The Morgan fingerprint density at radius 2 is 2.00 bits per heavy atom. The first kappa shape index (κ1) is 18.2. The standard InChI is InChI=1S/C21H20N4O2/c1-2-3-13-25-20(11-12-23-25)24-21(26)17-5-4-6-19(14-17)27-18-9-7-16(15-22)8-10-18/h4-12,14H,2-3,13H2,1H3,(H,24,26). The Morgan fingerprint density at radius 1 is 1.19 bits per heavy atom. The number of nitriles is 1. The summed E-state index contributed by atoms with van der Waals surface area (Å²) >= 11 is 0. The maximum Gasteiger partial charge on any atom is 0.256 e. The fraction of sp³-hybridized carbons (Fsp3) is 0.190. The third kappa shape index (κ3) is 4.73. The third-order valence-corrected chi connectivity index (χ3v) is 4.00. The number of unbranched alkanes of at least 4 members (excludes halogenated alkanes) is 1. The molecule has 0 saturated carbocycles. The summed E-state index contributed by atoms with van der Waals surface area (Å²) in [5.41, 5.74) is 1.06. The van der Waals surface area contributed by atoms with Crippen LogP contribution in [0.1, 0.15) is 35.7 Å². The largest absolute Gasteiger partial charge is 0.457 e. The minimum atomic E-state index is -0.224. The van der Waals surface area contributed by atoms with Crippen molar-refractivity contribution in [3.63, 3.8) is 0 Å². The van der Waals surface area contributed by atoms with Crippen molar-refractivity contribution in [2.45, 2.75) is 26.3 Å². The van der Waals surface area contributed by atoms with Gasteiger partial charge in [-0.1, -0.05) is 19.4 Å². The van der Waals surface area contributed by atoms with Crippen molar-refractivity contribution in [3.05, 3.63) is 71.9 Å². The number of ether oxygens (including phenoxy) is 1. The van der Waals surface area contributed by atoms with Crippen LogP contribution in [0.25, 0.3) is 0 Å². The second-order valence-electron chi connectivity index (χ2n) is 6.01. The average molecular weight is 360 g/mol. The van der Waals surface area contributed by atoms with E-state index < -0.39 is 0 Å². The van der Waals surface area contributed by atoms with Crippen LogP contribution < -0.4 is 10.1 Å². The monoisotopic (exact) mass is 360 g/mol. The van der Waals surface area contributed by atoms with Gasteiger partial charge in [0.2, 0.25) is 0 Å². The van der Waals surface area contributed by atoms with E-state index in [-0.39, 0.29) is 5.91 Å². The van der Waals surface area contributed by atoms with Crippen molar-refractivity contribution in [1.82, 2.24) is 9.78 Å². The van der Waals surface area contributed by atoms with Gasteiger partial charge in [-0.05, 0) is 48.9 Å². The Hall–Kier alpha value is -3.59. The van der Waals surface area contributed by atoms with E-state index in [4.69, 9.17) is 10.00 Å². The Kier molecular flexibility index (Phi) is 5.85. The van der Waals surface area contributed by atoms with Gasteiger partial charge < -0.3 is 10.1 Å². The molecule has 0 spiro atoms. The summed E-state index contributed by atoms with van der Waals surface area (Å²) in [6.45, 7) is 2.88. The zero-order valence-corrected chi connectivity index (χ0v) is 15.1. The molecule has 0 unspecified atom stereocenters. The maximum absolute atomic E-state index is 12.6. The lowest BCUT2D eigenvalue weighted by Gasteiger charge is -2.10. The van der Waals surface area contributed by atoms with Crippen molar-refractivity contribution in [2.75, 3.05) is 5.32 Å². The van der Waals surface area contributed by atoms with Crippen molar-refractivity contribution >= 4 is 11.7 Å². The van der Waals surface area contributed by atoms with Gasteiger partial charge in [0.25, 0.3) is 5.91 Å². The van der Waals surface area contributed by atoms with Crippen LogP contribution in [-0.2, 0) is 6.54 Å². The molecule has 1 amide bonds. The second-order valence-corrected chi connectivity index (χ2v) is 6.01. The van der Waals surface area contributed by atoms with E-state index in [9.17, 15) is 4.79 Å². The lowest BCUT2D eigenvalue weighted by Crippen LogP contribution is -2.16. The lowest BCUT2D eigenvalue weighted by molar-refractivity contribution is 0.102. The smallest absolute Gasteiger partial charge is 0.256 e. The number of rotatable bonds is 7. The molecule has 136 valence electrons. The van der Waals surface area contributed by atoms with Gasteiger partial charge >= 0.3 is 0 Å². The lowest BCUT2D eigenvalue weighted by atomic mass is 10.2. The quantitative estimate of drug-likeness (QED) is 0.668. The number of aromatic nitrogens is 2. The highest BCUT2D eigenvalue weighted by Gasteiger charge is 2.11. The van der Waals surface area contributed by atoms with Crippen molar-refractivity contribution < 1.29 is 9.53 Å². The number of anilines is 1. The highest BCUT2D eigenvalue weighted by atomic mass is 16.5. The molecule has 0 radical (unpaired) electrons. The molecule has 3 aromatic rings. The molecule has 0 bridgehead atoms. The van der Waals surface area contributed by atoms with Crippen LogP contribution >= 0.6 is 0 Å². The maximum atomic E-state index is 12.6. The molecule has 0 aliphatic heterocycles. The first-order valence-electron chi connectivity index (χ1n) is 8.81. The SMILES string of the molecule is CCCCn1nccc1NC(=O)c1cccc(Oc2ccc(C#N)cc2)c1. The van der Waals surface area contributed by atoms with Gasteiger partial charge in [0.05, 0.1) is 17.8 Å². The summed E-state index contributed by atoms with van der Waals surface area (Å²) in [5, 5.41) is 16.0. The number of carbonyl (C=O) groups excluding carboxylic acids is 1. The molecule has 0 saturated heterocycles. The molecule has 0 aliphatic rings. The van der Waals surface area contributed by atoms with Crippen molar-refractivity contribution in [2.24, 2.45) is 0 Å². The van der Waals surface area contributed by atoms with E-state index >= 15 is 0 Å². The summed E-state index contributed by atoms with van der Waals surface area (Å²) < 4.78 is 7.56. The molecule has 0 fully saturated rings. The molecule has 2 aromatic carbocycles. The van der Waals surface area contributed by atoms with Crippen LogP contribution in [0, 0.1) is 11.3 Å². The van der Waals surface area contributed by atoms with E-state index in [2.05, 4.69) is 23.4 Å². The highest BCUT2D eigenvalue weighted by Crippen LogP contribution is 2.23. The molecule has 27 heavy (non-hydrogen) atoms. The molecular formula is C21H20N4O2. The van der Waals surface area contributed by atoms with E-state index in [0.29, 0.717) is 28.4 Å². The van der Waals surface area contributed by atoms with Gasteiger partial charge in [-0.25, -0.2) is 4.68 Å². The number of carbonyl (C=O) groups is 1. The fourth-order valence-corrected chi connectivity index (χ4v) is 2.55. The first-order chi connectivity index (χ1) is 13.2. The van der Waals surface area contributed by atoms with E-state index in [1.54, 1.807) is 65.5 Å². The minimum Gasteiger partial charge on any atom is -0.457 e. The van der Waals surface area contributed by atoms with E-state index in [1.807, 2.05) is 0 Å². The van der Waals surface area contributed by atoms with Gasteiger partial charge in [0, 0.05) is 18.2 Å². The van der Waals surface area contributed by atoms with E-state index in [1.165, 1.54) is 0 Å². The summed E-state index contributed by atoms with van der Waals surface area (Å²) in [6, 6.07) is 17.6. The third-order valence-electron chi connectivity index (χ3n) is 4.00. The van der Waals surface area contributed by atoms with Crippen molar-refractivity contribution in [3.8, 4) is 17.6 Å². The van der Waals surface area contributed by atoms with Gasteiger partial charge in [-0.2, -0.15) is 10.4 Å². The number of benzene rings is 2. The predicted molar refractivity (Wildman–Crippen MR) is 103 cm³/mol. The number of amides is 1. The number of hydrogen-bond donors (Lipinski definition) is 1. The molecular weight excluding hydrogens is 340 g/mol. The van der Waals surface area contributed by atoms with E-state index in [0.717, 1.165) is 19.4 Å². The topological polar surface area (TPSA) is 79.9 Å². The van der Waals surface area contributed by atoms with Crippen LogP contribution in [0.5, 0.6) is 11.5 Å². The van der Waals surface area contributed by atoms with Crippen LogP contribution in [0.15, 0.2) is 60.8 Å². The predicted octanol–water partition coefficient (Wildman–Crippen LogP) is 4.60. The van der Waals surface area contributed by atoms with Gasteiger partial charge in [-0.3, -0.25) is 4.79 Å². The number of aryl methyl sites for hydroxylation is 1. The van der Waals surface area contributed by atoms with Gasteiger partial charge in [-0.15, -0.1) is 0 Å². The number of nitrogens with zero attached hydrogens (tertiary/aromatic N) is 3. The minimum absolute atomic E-state index is 0.224. The molecule has 0 aliphatic carbocycles.